The van der Waals surface area contributed by atoms with E-state index in [-0.39, 0.29) is 21.3 Å². The molecule has 0 aliphatic heterocycles. The Morgan fingerprint density at radius 3 is 2.54 bits per heavy atom. The molecule has 0 spiro atoms. The first-order valence-electron chi connectivity index (χ1n) is 6.77. The molecule has 0 bridgehead atoms. The summed E-state index contributed by atoms with van der Waals surface area (Å²) in [6.07, 6.45) is 0.963. The van der Waals surface area contributed by atoms with Gasteiger partial charge < -0.3 is 11.1 Å². The normalized spacial score (nSPS) is 11.2. The number of carbonyl (C=O) groups is 1. The van der Waals surface area contributed by atoms with Crippen LogP contribution in [0.4, 0.5) is 11.4 Å². The van der Waals surface area contributed by atoms with Crippen molar-refractivity contribution in [3.8, 4) is 0 Å². The van der Waals surface area contributed by atoms with Gasteiger partial charge in [-0.05, 0) is 29.8 Å². The Bertz CT molecular complexity index is 886. The maximum atomic E-state index is 12.5. The van der Waals surface area contributed by atoms with Crippen LogP contribution in [0.3, 0.4) is 0 Å². The van der Waals surface area contributed by atoms with E-state index in [2.05, 4.69) is 10.0 Å². The lowest BCUT2D eigenvalue weighted by atomic mass is 10.1. The molecule has 2 aromatic carbocycles. The van der Waals surface area contributed by atoms with Crippen LogP contribution in [0.15, 0.2) is 36.4 Å². The minimum Gasteiger partial charge on any atom is -0.326 e. The molecule has 0 aromatic heterocycles. The van der Waals surface area contributed by atoms with Gasteiger partial charge in [-0.3, -0.25) is 9.52 Å². The van der Waals surface area contributed by atoms with Gasteiger partial charge in [-0.1, -0.05) is 35.3 Å². The van der Waals surface area contributed by atoms with Crippen LogP contribution in [-0.4, -0.2) is 20.6 Å². The zero-order valence-electron chi connectivity index (χ0n) is 12.6. The van der Waals surface area contributed by atoms with Crippen molar-refractivity contribution in [3.05, 3.63) is 57.6 Å². The molecule has 1 amide bonds. The molecule has 0 saturated carbocycles. The largest absolute Gasteiger partial charge is 0.326 e. The lowest BCUT2D eigenvalue weighted by molar-refractivity contribution is 0.102. The Hall–Kier alpha value is -1.80. The fourth-order valence-corrected chi connectivity index (χ4v) is 3.20. The Kier molecular flexibility index (Phi) is 5.71. The number of nitrogens with one attached hydrogen (secondary N) is 2. The van der Waals surface area contributed by atoms with E-state index in [9.17, 15) is 13.2 Å². The van der Waals surface area contributed by atoms with Crippen molar-refractivity contribution in [2.75, 3.05) is 16.3 Å². The molecular formula is C15H15Cl2N3O3S. The summed E-state index contributed by atoms with van der Waals surface area (Å²) < 4.78 is 25.2. The molecular weight excluding hydrogens is 373 g/mol. The highest BCUT2D eigenvalue weighted by Gasteiger charge is 2.19. The summed E-state index contributed by atoms with van der Waals surface area (Å²) in [5, 5.41) is 2.90. The zero-order chi connectivity index (χ0) is 17.9. The van der Waals surface area contributed by atoms with Gasteiger partial charge in [0, 0.05) is 17.3 Å². The van der Waals surface area contributed by atoms with Gasteiger partial charge in [-0.2, -0.15) is 0 Å². The first-order chi connectivity index (χ1) is 11.2. The molecule has 2 aromatic rings. The lowest BCUT2D eigenvalue weighted by Crippen LogP contribution is -2.18. The van der Waals surface area contributed by atoms with Crippen LogP contribution >= 0.6 is 23.2 Å². The number of nitrogens with two attached hydrogens (primary N) is 1. The second-order valence-corrected chi connectivity index (χ2v) is 7.64. The van der Waals surface area contributed by atoms with Crippen LogP contribution in [0.25, 0.3) is 0 Å². The fourth-order valence-electron chi connectivity index (χ4n) is 2.02. The molecule has 0 radical (unpaired) electrons. The average Bonchev–Trinajstić information content (AvgIpc) is 2.48. The Labute approximate surface area is 150 Å². The Morgan fingerprint density at radius 1 is 1.21 bits per heavy atom. The van der Waals surface area contributed by atoms with Crippen molar-refractivity contribution in [2.24, 2.45) is 5.73 Å². The van der Waals surface area contributed by atoms with E-state index in [0.717, 1.165) is 11.8 Å². The van der Waals surface area contributed by atoms with E-state index in [1.807, 2.05) is 6.07 Å². The van der Waals surface area contributed by atoms with Gasteiger partial charge in [0.15, 0.2) is 0 Å². The van der Waals surface area contributed by atoms with Crippen molar-refractivity contribution in [1.82, 2.24) is 0 Å². The van der Waals surface area contributed by atoms with Gasteiger partial charge in [0.1, 0.15) is 0 Å². The number of rotatable bonds is 5. The van der Waals surface area contributed by atoms with E-state index in [1.165, 1.54) is 12.1 Å². The molecule has 0 aliphatic rings. The number of halogens is 2. The van der Waals surface area contributed by atoms with Crippen molar-refractivity contribution >= 4 is 50.5 Å². The summed E-state index contributed by atoms with van der Waals surface area (Å²) in [5.41, 5.74) is 6.91. The van der Waals surface area contributed by atoms with E-state index in [1.54, 1.807) is 18.2 Å². The number of hydrogen-bond donors (Lipinski definition) is 3. The third-order valence-electron chi connectivity index (χ3n) is 3.01. The van der Waals surface area contributed by atoms with Crippen LogP contribution in [-0.2, 0) is 16.6 Å². The number of carbonyl (C=O) groups excluding carboxylic acids is 1. The summed E-state index contributed by atoms with van der Waals surface area (Å²) in [6, 6.07) is 9.66. The SMILES string of the molecule is CS(=O)(=O)Nc1c(Cl)cc(Cl)cc1C(=O)Nc1cccc(CN)c1. The minimum absolute atomic E-state index is 0.0103. The van der Waals surface area contributed by atoms with Crippen LogP contribution in [0.5, 0.6) is 0 Å². The van der Waals surface area contributed by atoms with Gasteiger partial charge in [0.2, 0.25) is 10.0 Å². The summed E-state index contributed by atoms with van der Waals surface area (Å²) in [5.74, 6) is -0.556. The smallest absolute Gasteiger partial charge is 0.257 e. The second kappa shape index (κ2) is 7.40. The summed E-state index contributed by atoms with van der Waals surface area (Å²) in [7, 11) is -3.63. The van der Waals surface area contributed by atoms with Gasteiger partial charge in [0.05, 0.1) is 22.5 Å². The standard InChI is InChI=1S/C15H15Cl2N3O3S/c1-24(22,23)20-14-12(6-10(16)7-13(14)17)15(21)19-11-4-2-3-9(5-11)8-18/h2-7,20H,8,18H2,1H3,(H,19,21). The number of hydrogen-bond acceptors (Lipinski definition) is 4. The molecule has 0 saturated heterocycles. The molecule has 24 heavy (non-hydrogen) atoms. The molecule has 6 nitrogen and oxygen atoms in total. The Morgan fingerprint density at radius 2 is 1.92 bits per heavy atom. The fraction of sp³-hybridized carbons (Fsp3) is 0.133. The van der Waals surface area contributed by atoms with E-state index in [4.69, 9.17) is 28.9 Å². The number of benzene rings is 2. The summed E-state index contributed by atoms with van der Waals surface area (Å²) in [4.78, 5) is 12.5. The summed E-state index contributed by atoms with van der Waals surface area (Å²) in [6.45, 7) is 0.327. The summed E-state index contributed by atoms with van der Waals surface area (Å²) >= 11 is 12.0. The molecule has 0 unspecified atom stereocenters. The molecule has 128 valence electrons. The topological polar surface area (TPSA) is 101 Å². The van der Waals surface area contributed by atoms with Gasteiger partial charge in [-0.25, -0.2) is 8.42 Å². The maximum absolute atomic E-state index is 12.5. The first-order valence-corrected chi connectivity index (χ1v) is 9.41. The lowest BCUT2D eigenvalue weighted by Gasteiger charge is -2.14. The highest BCUT2D eigenvalue weighted by Crippen LogP contribution is 2.31. The molecule has 0 atom stereocenters. The number of anilines is 2. The van der Waals surface area contributed by atoms with Crippen molar-refractivity contribution < 1.29 is 13.2 Å². The molecule has 4 N–H and O–H groups in total. The Balaban J connectivity index is 2.40. The highest BCUT2D eigenvalue weighted by atomic mass is 35.5. The predicted molar refractivity (Wildman–Crippen MR) is 97.2 cm³/mol. The van der Waals surface area contributed by atoms with Gasteiger partial charge >= 0.3 is 0 Å². The van der Waals surface area contributed by atoms with E-state index >= 15 is 0 Å². The van der Waals surface area contributed by atoms with Crippen LogP contribution in [0.1, 0.15) is 15.9 Å². The predicted octanol–water partition coefficient (Wildman–Crippen LogP) is 3.08. The van der Waals surface area contributed by atoms with Crippen molar-refractivity contribution in [1.29, 1.82) is 0 Å². The van der Waals surface area contributed by atoms with Crippen LogP contribution in [0.2, 0.25) is 10.0 Å². The molecule has 0 heterocycles. The highest BCUT2D eigenvalue weighted by molar-refractivity contribution is 7.92. The first kappa shape index (κ1) is 18.5. The monoisotopic (exact) mass is 387 g/mol. The zero-order valence-corrected chi connectivity index (χ0v) is 15.0. The van der Waals surface area contributed by atoms with Gasteiger partial charge in [-0.15, -0.1) is 0 Å². The average molecular weight is 388 g/mol. The number of sulfonamides is 1. The minimum atomic E-state index is -3.63. The third kappa shape index (κ3) is 4.85. The van der Waals surface area contributed by atoms with Crippen LogP contribution in [0, 0.1) is 0 Å². The molecule has 0 aliphatic carbocycles. The maximum Gasteiger partial charge on any atom is 0.257 e. The molecule has 0 fully saturated rings. The third-order valence-corrected chi connectivity index (χ3v) is 4.10. The van der Waals surface area contributed by atoms with E-state index < -0.39 is 15.9 Å². The van der Waals surface area contributed by atoms with Crippen LogP contribution < -0.4 is 15.8 Å². The molecule has 2 rings (SSSR count). The second-order valence-electron chi connectivity index (χ2n) is 5.04. The van der Waals surface area contributed by atoms with Crippen molar-refractivity contribution in [2.45, 2.75) is 6.54 Å². The number of amides is 1. The van der Waals surface area contributed by atoms with E-state index in [0.29, 0.717) is 12.2 Å². The quantitative estimate of drug-likeness (QED) is 0.733. The van der Waals surface area contributed by atoms with Gasteiger partial charge in [0.25, 0.3) is 5.91 Å². The molecule has 9 heteroatoms. The van der Waals surface area contributed by atoms with Crippen molar-refractivity contribution in [3.63, 3.8) is 0 Å².